The van der Waals surface area contributed by atoms with Gasteiger partial charge in [0.1, 0.15) is 11.6 Å². The number of hydrogen-bond acceptors (Lipinski definition) is 7. The van der Waals surface area contributed by atoms with Gasteiger partial charge in [-0.3, -0.25) is 4.98 Å². The summed E-state index contributed by atoms with van der Waals surface area (Å²) in [4.78, 5) is 11.0. The van der Waals surface area contributed by atoms with Gasteiger partial charge in [0.25, 0.3) is 0 Å². The Labute approximate surface area is 219 Å². The molecule has 0 aliphatic carbocycles. The maximum Gasteiger partial charge on any atom is 0.229 e. The van der Waals surface area contributed by atoms with Crippen LogP contribution in [0, 0.1) is 17.6 Å². The van der Waals surface area contributed by atoms with E-state index in [1.165, 1.54) is 12.1 Å². The van der Waals surface area contributed by atoms with Crippen molar-refractivity contribution in [3.8, 4) is 11.3 Å². The predicted octanol–water partition coefficient (Wildman–Crippen LogP) is 4.88. The number of benzene rings is 1. The van der Waals surface area contributed by atoms with Gasteiger partial charge in [-0.1, -0.05) is 6.92 Å². The molecule has 2 saturated heterocycles. The van der Waals surface area contributed by atoms with Crippen LogP contribution in [0.2, 0.25) is 0 Å². The average molecular weight is 520 g/mol. The topological polar surface area (TPSA) is 93.6 Å². The number of hydrogen-bond donors (Lipinski definition) is 2. The zero-order chi connectivity index (χ0) is 26.2. The van der Waals surface area contributed by atoms with E-state index in [2.05, 4.69) is 32.2 Å². The molecule has 2 unspecified atom stereocenters. The van der Waals surface area contributed by atoms with Crippen molar-refractivity contribution in [3.63, 3.8) is 0 Å². The summed E-state index contributed by atoms with van der Waals surface area (Å²) >= 11 is 0. The Morgan fingerprint density at radius 3 is 2.61 bits per heavy atom. The maximum absolute atomic E-state index is 15.3. The van der Waals surface area contributed by atoms with Crippen molar-refractivity contribution in [3.05, 3.63) is 66.1 Å². The van der Waals surface area contributed by atoms with E-state index >= 15 is 8.78 Å². The molecule has 0 amide bonds. The number of piperidine rings is 1. The SMILES string of the molecule is CC1CC(N)CN(c2ccncc2Nc2ncc3ccc(-c4c(F)cc(C5CCOCC5)cc4F)nn23)C1. The van der Waals surface area contributed by atoms with Crippen LogP contribution in [0.15, 0.2) is 48.9 Å². The van der Waals surface area contributed by atoms with E-state index < -0.39 is 11.6 Å². The van der Waals surface area contributed by atoms with Crippen LogP contribution < -0.4 is 16.0 Å². The maximum atomic E-state index is 15.3. The van der Waals surface area contributed by atoms with E-state index in [4.69, 9.17) is 10.5 Å². The van der Waals surface area contributed by atoms with Gasteiger partial charge in [0, 0.05) is 38.5 Å². The summed E-state index contributed by atoms with van der Waals surface area (Å²) in [7, 11) is 0. The van der Waals surface area contributed by atoms with Gasteiger partial charge in [-0.15, -0.1) is 0 Å². The second-order valence-electron chi connectivity index (χ2n) is 10.4. The number of anilines is 3. The largest absolute Gasteiger partial charge is 0.381 e. The van der Waals surface area contributed by atoms with Gasteiger partial charge in [0.05, 0.1) is 40.5 Å². The van der Waals surface area contributed by atoms with Crippen molar-refractivity contribution in [2.45, 2.75) is 38.1 Å². The van der Waals surface area contributed by atoms with Crippen LogP contribution in [0.25, 0.3) is 16.8 Å². The molecule has 0 radical (unpaired) electrons. The van der Waals surface area contributed by atoms with Gasteiger partial charge in [-0.05, 0) is 67.0 Å². The highest BCUT2D eigenvalue weighted by Crippen LogP contribution is 2.34. The fourth-order valence-corrected chi connectivity index (χ4v) is 5.68. The van der Waals surface area contributed by atoms with Crippen molar-refractivity contribution >= 4 is 22.8 Å². The van der Waals surface area contributed by atoms with Crippen molar-refractivity contribution in [1.29, 1.82) is 0 Å². The molecule has 2 aliphatic heterocycles. The predicted molar refractivity (Wildman–Crippen MR) is 143 cm³/mol. The second-order valence-corrected chi connectivity index (χ2v) is 10.4. The van der Waals surface area contributed by atoms with E-state index in [1.807, 2.05) is 6.07 Å². The lowest BCUT2D eigenvalue weighted by molar-refractivity contribution is 0.0852. The quantitative estimate of drug-likeness (QED) is 0.388. The van der Waals surface area contributed by atoms with Crippen molar-refractivity contribution in [1.82, 2.24) is 19.6 Å². The molecule has 2 fully saturated rings. The number of ether oxygens (including phenoxy) is 1. The molecule has 0 saturated carbocycles. The molecule has 1 aromatic carbocycles. The first-order chi connectivity index (χ1) is 18.5. The van der Waals surface area contributed by atoms with Gasteiger partial charge in [0.15, 0.2) is 0 Å². The molecule has 5 heterocycles. The van der Waals surface area contributed by atoms with Crippen LogP contribution in [0.5, 0.6) is 0 Å². The molecule has 4 aromatic rings. The first kappa shape index (κ1) is 24.7. The molecule has 8 nitrogen and oxygen atoms in total. The number of fused-ring (bicyclic) bond motifs is 1. The van der Waals surface area contributed by atoms with Crippen LogP contribution in [-0.4, -0.2) is 51.9 Å². The lowest BCUT2D eigenvalue weighted by Crippen LogP contribution is -2.46. The number of rotatable bonds is 5. The van der Waals surface area contributed by atoms with E-state index in [1.54, 1.807) is 35.2 Å². The molecule has 0 bridgehead atoms. The molecule has 38 heavy (non-hydrogen) atoms. The molecule has 3 aromatic heterocycles. The molecule has 2 aliphatic rings. The number of nitrogens with one attached hydrogen (secondary N) is 1. The Morgan fingerprint density at radius 2 is 1.84 bits per heavy atom. The second kappa shape index (κ2) is 10.3. The van der Waals surface area contributed by atoms with Crippen molar-refractivity contribution in [2.24, 2.45) is 11.7 Å². The number of pyridine rings is 1. The molecule has 6 rings (SSSR count). The summed E-state index contributed by atoms with van der Waals surface area (Å²) in [5.41, 5.74) is 9.40. The minimum Gasteiger partial charge on any atom is -0.381 e. The van der Waals surface area contributed by atoms with Gasteiger partial charge < -0.3 is 20.7 Å². The average Bonchev–Trinajstić information content (AvgIpc) is 3.30. The van der Waals surface area contributed by atoms with Gasteiger partial charge in [0.2, 0.25) is 5.95 Å². The lowest BCUT2D eigenvalue weighted by Gasteiger charge is -2.37. The van der Waals surface area contributed by atoms with Gasteiger partial charge in [-0.25, -0.2) is 13.8 Å². The summed E-state index contributed by atoms with van der Waals surface area (Å²) in [6.07, 6.45) is 7.65. The van der Waals surface area contributed by atoms with Crippen LogP contribution in [0.1, 0.15) is 37.7 Å². The van der Waals surface area contributed by atoms with Crippen LogP contribution in [-0.2, 0) is 4.74 Å². The molecular formula is C28H31F2N7O. The Hall–Kier alpha value is -3.63. The molecule has 0 spiro atoms. The van der Waals surface area contributed by atoms with Crippen molar-refractivity contribution < 1.29 is 13.5 Å². The minimum atomic E-state index is -0.627. The highest BCUT2D eigenvalue weighted by atomic mass is 19.1. The summed E-state index contributed by atoms with van der Waals surface area (Å²) in [6.45, 7) is 5.04. The fourth-order valence-electron chi connectivity index (χ4n) is 5.68. The molecular weight excluding hydrogens is 488 g/mol. The Morgan fingerprint density at radius 1 is 1.05 bits per heavy atom. The zero-order valence-electron chi connectivity index (χ0n) is 21.3. The number of aromatic nitrogens is 4. The highest BCUT2D eigenvalue weighted by Gasteiger charge is 2.25. The summed E-state index contributed by atoms with van der Waals surface area (Å²) < 4.78 is 37.5. The monoisotopic (exact) mass is 519 g/mol. The van der Waals surface area contributed by atoms with E-state index in [0.717, 1.165) is 43.7 Å². The first-order valence-corrected chi connectivity index (χ1v) is 13.1. The third kappa shape index (κ3) is 4.81. The zero-order valence-corrected chi connectivity index (χ0v) is 21.3. The van der Waals surface area contributed by atoms with E-state index in [9.17, 15) is 0 Å². The third-order valence-electron chi connectivity index (χ3n) is 7.47. The Balaban J connectivity index is 1.32. The van der Waals surface area contributed by atoms with Gasteiger partial charge >= 0.3 is 0 Å². The van der Waals surface area contributed by atoms with Crippen LogP contribution in [0.3, 0.4) is 0 Å². The van der Waals surface area contributed by atoms with Crippen molar-refractivity contribution in [2.75, 3.05) is 36.5 Å². The Bertz CT molecular complexity index is 1420. The third-order valence-corrected chi connectivity index (χ3v) is 7.47. The normalized spacial score (nSPS) is 20.7. The molecule has 10 heteroatoms. The summed E-state index contributed by atoms with van der Waals surface area (Å²) in [6, 6.07) is 8.27. The van der Waals surface area contributed by atoms with Crippen LogP contribution in [0.4, 0.5) is 26.1 Å². The number of nitrogens with zero attached hydrogens (tertiary/aromatic N) is 5. The minimum absolute atomic E-state index is 0.0906. The molecule has 3 N–H and O–H groups in total. The van der Waals surface area contributed by atoms with Crippen LogP contribution >= 0.6 is 0 Å². The Kier molecular flexibility index (Phi) is 6.67. The first-order valence-electron chi connectivity index (χ1n) is 13.1. The number of nitrogens with two attached hydrogens (primary N) is 1. The van der Waals surface area contributed by atoms with Gasteiger partial charge in [-0.2, -0.15) is 9.61 Å². The lowest BCUT2D eigenvalue weighted by atomic mass is 9.90. The number of halogens is 2. The molecule has 2 atom stereocenters. The smallest absolute Gasteiger partial charge is 0.229 e. The van der Waals surface area contributed by atoms with E-state index in [0.29, 0.717) is 36.2 Å². The fraction of sp³-hybridized carbons (Fsp3) is 0.393. The molecule has 198 valence electrons. The van der Waals surface area contributed by atoms with E-state index in [-0.39, 0.29) is 23.2 Å². The highest BCUT2D eigenvalue weighted by molar-refractivity contribution is 5.74. The summed E-state index contributed by atoms with van der Waals surface area (Å²) in [5.74, 6) is -0.270. The summed E-state index contributed by atoms with van der Waals surface area (Å²) in [5, 5.41) is 7.90. The number of imidazole rings is 1. The standard InChI is InChI=1S/C28H31F2N7O/c1-17-10-20(31)16-36(15-17)26-4-7-32-14-25(26)34-28-33-13-21-2-3-24(35-37(21)28)27-22(29)11-19(12-23(27)30)18-5-8-38-9-6-18/h2-4,7,11-14,17-18,20H,5-6,8-10,15-16,31H2,1H3,(H,33,34).